The number of ketones is 1. The third-order valence-electron chi connectivity index (χ3n) is 4.90. The first kappa shape index (κ1) is 20.7. The lowest BCUT2D eigenvalue weighted by Gasteiger charge is -2.23. The molecular formula is C19H26O5Si2. The van der Waals surface area contributed by atoms with Gasteiger partial charge in [-0.25, -0.2) is 0 Å². The Labute approximate surface area is 157 Å². The van der Waals surface area contributed by atoms with Crippen molar-refractivity contribution in [3.05, 3.63) is 59.7 Å². The van der Waals surface area contributed by atoms with Gasteiger partial charge in [0.05, 0.1) is 0 Å². The molecule has 140 valence electrons. The third-order valence-corrected chi connectivity index (χ3v) is 10.8. The molecule has 0 heterocycles. The van der Waals surface area contributed by atoms with Gasteiger partial charge < -0.3 is 17.7 Å². The molecule has 0 aliphatic carbocycles. The van der Waals surface area contributed by atoms with E-state index in [-0.39, 0.29) is 5.78 Å². The van der Waals surface area contributed by atoms with Crippen LogP contribution in [0.5, 0.6) is 0 Å². The van der Waals surface area contributed by atoms with Crippen LogP contribution in [0.2, 0.25) is 13.1 Å². The second kappa shape index (κ2) is 8.38. The molecule has 0 aliphatic rings. The fraction of sp³-hybridized carbons (Fsp3) is 0.316. The molecule has 0 radical (unpaired) electrons. The minimum atomic E-state index is -2.38. The molecule has 0 amide bonds. The molecule has 0 unspecified atom stereocenters. The molecule has 0 atom stereocenters. The molecule has 0 fully saturated rings. The van der Waals surface area contributed by atoms with Crippen LogP contribution in [-0.2, 0) is 17.7 Å². The van der Waals surface area contributed by atoms with E-state index in [0.717, 1.165) is 10.4 Å². The highest BCUT2D eigenvalue weighted by Crippen LogP contribution is 2.13. The number of hydrogen-bond acceptors (Lipinski definition) is 5. The SMILES string of the molecule is CO[Si](C)(OC)c1ccc(C(=O)c2ccc([Si](C)(OC)OC)cc2)cc1. The van der Waals surface area contributed by atoms with Crippen molar-refractivity contribution < 1.29 is 22.5 Å². The summed E-state index contributed by atoms with van der Waals surface area (Å²) in [6.45, 7) is 3.93. The summed E-state index contributed by atoms with van der Waals surface area (Å²) in [5.41, 5.74) is 1.26. The topological polar surface area (TPSA) is 54.0 Å². The Morgan fingerprint density at radius 1 is 0.615 bits per heavy atom. The molecule has 5 nitrogen and oxygen atoms in total. The van der Waals surface area contributed by atoms with Gasteiger partial charge in [0.25, 0.3) is 0 Å². The molecule has 7 heteroatoms. The van der Waals surface area contributed by atoms with E-state index in [1.165, 1.54) is 0 Å². The number of carbonyl (C=O) groups excluding carboxylic acids is 1. The molecule has 2 aromatic rings. The first-order chi connectivity index (χ1) is 12.3. The Morgan fingerprint density at radius 3 is 1.12 bits per heavy atom. The number of hydrogen-bond donors (Lipinski definition) is 0. The summed E-state index contributed by atoms with van der Waals surface area (Å²) in [7, 11) is 1.82. The quantitative estimate of drug-likeness (QED) is 0.510. The van der Waals surface area contributed by atoms with Crippen molar-refractivity contribution in [2.75, 3.05) is 28.4 Å². The number of rotatable bonds is 8. The van der Waals surface area contributed by atoms with Crippen LogP contribution in [0, 0.1) is 0 Å². The third kappa shape index (κ3) is 4.03. The minimum absolute atomic E-state index is 0.0282. The van der Waals surface area contributed by atoms with Gasteiger partial charge in [-0.05, 0) is 23.5 Å². The highest BCUT2D eigenvalue weighted by molar-refractivity contribution is 6.80. The molecule has 0 N–H and O–H groups in total. The fourth-order valence-electron chi connectivity index (χ4n) is 2.65. The van der Waals surface area contributed by atoms with E-state index in [4.69, 9.17) is 17.7 Å². The summed E-state index contributed by atoms with van der Waals surface area (Å²) in [4.78, 5) is 12.7. The Balaban J connectivity index is 2.24. The van der Waals surface area contributed by atoms with E-state index in [2.05, 4.69) is 0 Å². The van der Waals surface area contributed by atoms with Gasteiger partial charge >= 0.3 is 17.1 Å². The molecule has 2 rings (SSSR count). The highest BCUT2D eigenvalue weighted by Gasteiger charge is 2.32. The van der Waals surface area contributed by atoms with Crippen LogP contribution in [0.25, 0.3) is 0 Å². The molecule has 2 aromatic carbocycles. The largest absolute Gasteiger partial charge is 0.394 e. The maximum absolute atomic E-state index is 12.7. The van der Waals surface area contributed by atoms with Crippen molar-refractivity contribution >= 4 is 33.3 Å². The molecule has 0 aromatic heterocycles. The maximum Gasteiger partial charge on any atom is 0.368 e. The van der Waals surface area contributed by atoms with Crippen molar-refractivity contribution in [1.29, 1.82) is 0 Å². The van der Waals surface area contributed by atoms with Gasteiger partial charge in [-0.1, -0.05) is 48.5 Å². The highest BCUT2D eigenvalue weighted by atomic mass is 28.4. The summed E-state index contributed by atoms with van der Waals surface area (Å²) >= 11 is 0. The van der Waals surface area contributed by atoms with Gasteiger partial charge in [0.15, 0.2) is 5.78 Å². The van der Waals surface area contributed by atoms with Crippen molar-refractivity contribution in [2.45, 2.75) is 13.1 Å². The Bertz CT molecular complexity index is 672. The van der Waals surface area contributed by atoms with Crippen molar-refractivity contribution in [1.82, 2.24) is 0 Å². The first-order valence-corrected chi connectivity index (χ1v) is 12.9. The van der Waals surface area contributed by atoms with E-state index >= 15 is 0 Å². The maximum atomic E-state index is 12.7. The van der Waals surface area contributed by atoms with E-state index < -0.39 is 17.1 Å². The molecule has 0 spiro atoms. The molecule has 0 saturated heterocycles. The lowest BCUT2D eigenvalue weighted by Crippen LogP contribution is -2.49. The van der Waals surface area contributed by atoms with Crippen molar-refractivity contribution in [3.63, 3.8) is 0 Å². The van der Waals surface area contributed by atoms with E-state index in [0.29, 0.717) is 11.1 Å². The predicted octanol–water partition coefficient (Wildman–Crippen LogP) is 2.06. The Hall–Kier alpha value is -1.62. The van der Waals surface area contributed by atoms with Crippen LogP contribution < -0.4 is 10.4 Å². The van der Waals surface area contributed by atoms with Crippen LogP contribution in [0.4, 0.5) is 0 Å². The Morgan fingerprint density at radius 2 is 0.885 bits per heavy atom. The lowest BCUT2D eigenvalue weighted by atomic mass is 10.0. The smallest absolute Gasteiger partial charge is 0.368 e. The summed E-state index contributed by atoms with van der Waals surface area (Å²) in [6, 6.07) is 14.9. The average molecular weight is 391 g/mol. The summed E-state index contributed by atoms with van der Waals surface area (Å²) < 4.78 is 22.1. The monoisotopic (exact) mass is 390 g/mol. The van der Waals surface area contributed by atoms with Gasteiger partial charge in [0, 0.05) is 39.6 Å². The second-order valence-corrected chi connectivity index (χ2v) is 12.8. The van der Waals surface area contributed by atoms with Gasteiger partial charge in [-0.2, -0.15) is 0 Å². The van der Waals surface area contributed by atoms with Gasteiger partial charge in [-0.3, -0.25) is 4.79 Å². The summed E-state index contributed by atoms with van der Waals surface area (Å²) in [6.07, 6.45) is 0. The van der Waals surface area contributed by atoms with Crippen LogP contribution in [0.1, 0.15) is 15.9 Å². The van der Waals surface area contributed by atoms with E-state index in [1.807, 2.05) is 61.6 Å². The van der Waals surface area contributed by atoms with Gasteiger partial charge in [0.1, 0.15) is 0 Å². The summed E-state index contributed by atoms with van der Waals surface area (Å²) in [5, 5.41) is 1.97. The number of carbonyl (C=O) groups is 1. The second-order valence-electron chi connectivity index (χ2n) is 6.19. The molecule has 0 bridgehead atoms. The van der Waals surface area contributed by atoms with E-state index in [9.17, 15) is 4.79 Å². The van der Waals surface area contributed by atoms with Gasteiger partial charge in [-0.15, -0.1) is 0 Å². The molecular weight excluding hydrogens is 364 g/mol. The minimum Gasteiger partial charge on any atom is -0.394 e. The molecule has 0 saturated carbocycles. The fourth-order valence-corrected chi connectivity index (χ4v) is 5.47. The Kier molecular flexibility index (Phi) is 6.67. The van der Waals surface area contributed by atoms with Crippen molar-refractivity contribution in [3.8, 4) is 0 Å². The van der Waals surface area contributed by atoms with E-state index in [1.54, 1.807) is 28.4 Å². The lowest BCUT2D eigenvalue weighted by molar-refractivity contribution is 0.103. The zero-order valence-corrected chi connectivity index (χ0v) is 18.2. The zero-order valence-electron chi connectivity index (χ0n) is 16.2. The molecule has 26 heavy (non-hydrogen) atoms. The standard InChI is InChI=1S/C19H26O5Si2/c1-21-25(5,22-2)17-11-7-15(8-12-17)19(20)16-9-13-18(14-10-16)26(6,23-3)24-4/h7-14H,1-6H3. The first-order valence-electron chi connectivity index (χ1n) is 8.30. The van der Waals surface area contributed by atoms with Crippen LogP contribution in [-0.4, -0.2) is 51.3 Å². The average Bonchev–Trinajstić information content (AvgIpc) is 2.72. The van der Waals surface area contributed by atoms with Crippen LogP contribution in [0.3, 0.4) is 0 Å². The van der Waals surface area contributed by atoms with Crippen LogP contribution in [0.15, 0.2) is 48.5 Å². The summed E-state index contributed by atoms with van der Waals surface area (Å²) in [5.74, 6) is -0.0282. The zero-order chi connectivity index (χ0) is 19.4. The number of benzene rings is 2. The van der Waals surface area contributed by atoms with Crippen LogP contribution >= 0.6 is 0 Å². The molecule has 0 aliphatic heterocycles. The van der Waals surface area contributed by atoms with Crippen molar-refractivity contribution in [2.24, 2.45) is 0 Å². The normalized spacial score (nSPS) is 12.2. The van der Waals surface area contributed by atoms with Gasteiger partial charge in [0.2, 0.25) is 0 Å². The predicted molar refractivity (Wildman–Crippen MR) is 107 cm³/mol.